The van der Waals surface area contributed by atoms with Crippen LogP contribution in [-0.2, 0) is 9.53 Å². The Morgan fingerprint density at radius 2 is 1.75 bits per heavy atom. The summed E-state index contributed by atoms with van der Waals surface area (Å²) in [4.78, 5) is 22.8. The van der Waals surface area contributed by atoms with Crippen LogP contribution in [0.4, 0.5) is 4.79 Å². The van der Waals surface area contributed by atoms with Crippen LogP contribution >= 0.6 is 0 Å². The first-order chi connectivity index (χ1) is 11.2. The van der Waals surface area contributed by atoms with Gasteiger partial charge in [0.2, 0.25) is 0 Å². The van der Waals surface area contributed by atoms with Crippen LogP contribution in [0.1, 0.15) is 65.7 Å². The summed E-state index contributed by atoms with van der Waals surface area (Å²) in [6.07, 6.45) is 6.32. The minimum atomic E-state index is -0.716. The molecule has 0 radical (unpaired) electrons. The molecule has 2 rings (SSSR count). The molecule has 0 aromatic carbocycles. The molecule has 6 nitrogen and oxygen atoms in total. The van der Waals surface area contributed by atoms with E-state index in [1.807, 2.05) is 0 Å². The monoisotopic (exact) mass is 340 g/mol. The zero-order valence-electron chi connectivity index (χ0n) is 15.1. The van der Waals surface area contributed by atoms with Gasteiger partial charge in [0.1, 0.15) is 0 Å². The average Bonchev–Trinajstić information content (AvgIpc) is 2.43. The normalized spacial score (nSPS) is 30.3. The maximum absolute atomic E-state index is 11.9. The van der Waals surface area contributed by atoms with Crippen molar-refractivity contribution in [3.8, 4) is 0 Å². The molecule has 0 saturated heterocycles. The number of carboxylic acids is 1. The van der Waals surface area contributed by atoms with E-state index in [2.05, 4.69) is 31.4 Å². The van der Waals surface area contributed by atoms with E-state index in [4.69, 9.17) is 9.84 Å². The van der Waals surface area contributed by atoms with Gasteiger partial charge in [0.05, 0.1) is 17.6 Å². The molecule has 2 saturated carbocycles. The summed E-state index contributed by atoms with van der Waals surface area (Å²) in [6, 6.07) is -0.0236. The van der Waals surface area contributed by atoms with Gasteiger partial charge in [0.15, 0.2) is 0 Å². The van der Waals surface area contributed by atoms with Crippen molar-refractivity contribution >= 4 is 12.0 Å². The van der Waals surface area contributed by atoms with Crippen LogP contribution in [0.15, 0.2) is 0 Å². The van der Waals surface area contributed by atoms with Crippen molar-refractivity contribution in [2.75, 3.05) is 6.54 Å². The predicted molar refractivity (Wildman–Crippen MR) is 91.9 cm³/mol. The largest absolute Gasteiger partial charge is 0.481 e. The highest BCUT2D eigenvalue weighted by atomic mass is 16.5. The summed E-state index contributed by atoms with van der Waals surface area (Å²) < 4.78 is 5.92. The molecule has 0 spiro atoms. The third kappa shape index (κ3) is 6.30. The molecule has 3 N–H and O–H groups in total. The van der Waals surface area contributed by atoms with Crippen molar-refractivity contribution in [2.24, 2.45) is 11.8 Å². The highest BCUT2D eigenvalue weighted by Gasteiger charge is 2.32. The molecule has 0 unspecified atom stereocenters. The fraction of sp³-hybridized carbons (Fsp3) is 0.889. The Labute approximate surface area is 144 Å². The fourth-order valence-electron chi connectivity index (χ4n) is 3.62. The van der Waals surface area contributed by atoms with Crippen molar-refractivity contribution in [2.45, 2.75) is 83.5 Å². The molecular formula is C18H32N2O4. The lowest BCUT2D eigenvalue weighted by molar-refractivity contribution is -0.142. The van der Waals surface area contributed by atoms with E-state index in [-0.39, 0.29) is 23.6 Å². The van der Waals surface area contributed by atoms with Crippen LogP contribution in [0.2, 0.25) is 0 Å². The van der Waals surface area contributed by atoms with E-state index in [0.29, 0.717) is 31.4 Å². The van der Waals surface area contributed by atoms with E-state index in [0.717, 1.165) is 32.1 Å². The molecule has 2 aliphatic carbocycles. The van der Waals surface area contributed by atoms with Gasteiger partial charge in [0, 0.05) is 12.6 Å². The Hall–Kier alpha value is -1.30. The summed E-state index contributed by atoms with van der Waals surface area (Å²) in [5.74, 6) is -0.316. The minimum Gasteiger partial charge on any atom is -0.481 e. The molecule has 2 fully saturated rings. The Bertz CT molecular complexity index is 433. The molecule has 0 atom stereocenters. The third-order valence-corrected chi connectivity index (χ3v) is 4.96. The average molecular weight is 340 g/mol. The quantitative estimate of drug-likeness (QED) is 0.694. The predicted octanol–water partition coefficient (Wildman–Crippen LogP) is 2.91. The van der Waals surface area contributed by atoms with Crippen molar-refractivity contribution in [3.05, 3.63) is 0 Å². The summed E-state index contributed by atoms with van der Waals surface area (Å²) in [6.45, 7) is 6.92. The van der Waals surface area contributed by atoms with Gasteiger partial charge in [-0.1, -0.05) is 0 Å². The fourth-order valence-corrected chi connectivity index (χ4v) is 3.62. The molecule has 0 aromatic rings. The van der Waals surface area contributed by atoms with E-state index >= 15 is 0 Å². The molecule has 0 aliphatic heterocycles. The van der Waals surface area contributed by atoms with Gasteiger partial charge in [-0.15, -0.1) is 0 Å². The number of hydrogen-bond acceptors (Lipinski definition) is 3. The van der Waals surface area contributed by atoms with Crippen LogP contribution in [0, 0.1) is 11.8 Å². The maximum atomic E-state index is 11.9. The zero-order valence-corrected chi connectivity index (χ0v) is 15.1. The van der Waals surface area contributed by atoms with E-state index in [1.165, 1.54) is 0 Å². The van der Waals surface area contributed by atoms with Crippen LogP contribution in [0.5, 0.6) is 0 Å². The topological polar surface area (TPSA) is 87.7 Å². The van der Waals surface area contributed by atoms with Gasteiger partial charge >= 0.3 is 12.0 Å². The lowest BCUT2D eigenvalue weighted by Gasteiger charge is -2.39. The van der Waals surface area contributed by atoms with Crippen molar-refractivity contribution < 1.29 is 19.4 Å². The van der Waals surface area contributed by atoms with E-state index in [1.54, 1.807) is 0 Å². The molecule has 6 heteroatoms. The molecule has 24 heavy (non-hydrogen) atoms. The Morgan fingerprint density at radius 1 is 1.12 bits per heavy atom. The van der Waals surface area contributed by atoms with Crippen LogP contribution in [0.25, 0.3) is 0 Å². The number of amides is 2. The van der Waals surface area contributed by atoms with E-state index < -0.39 is 5.97 Å². The highest BCUT2D eigenvalue weighted by molar-refractivity contribution is 5.74. The number of hydrogen-bond donors (Lipinski definition) is 3. The summed E-state index contributed by atoms with van der Waals surface area (Å²) in [5, 5.41) is 14.9. The van der Waals surface area contributed by atoms with Gasteiger partial charge in [-0.25, -0.2) is 4.79 Å². The zero-order chi connectivity index (χ0) is 17.7. The number of ether oxygens (including phenoxy) is 1. The van der Waals surface area contributed by atoms with Crippen molar-refractivity contribution in [1.29, 1.82) is 0 Å². The molecule has 0 aromatic heterocycles. The number of carboxylic acid groups (broad SMARTS) is 1. The highest BCUT2D eigenvalue weighted by Crippen LogP contribution is 2.34. The van der Waals surface area contributed by atoms with Gasteiger partial charge in [-0.05, 0) is 71.6 Å². The van der Waals surface area contributed by atoms with Gasteiger partial charge in [-0.3, -0.25) is 4.79 Å². The molecule has 138 valence electrons. The number of nitrogens with one attached hydrogen (secondary N) is 2. The maximum Gasteiger partial charge on any atom is 0.315 e. The lowest BCUT2D eigenvalue weighted by Crippen LogP contribution is -2.45. The van der Waals surface area contributed by atoms with Crippen molar-refractivity contribution in [1.82, 2.24) is 10.6 Å². The lowest BCUT2D eigenvalue weighted by atomic mass is 9.79. The van der Waals surface area contributed by atoms with E-state index in [9.17, 15) is 9.59 Å². The third-order valence-electron chi connectivity index (χ3n) is 4.96. The second-order valence-corrected chi connectivity index (χ2v) is 8.27. The SMILES string of the molecule is CC(C)(C)OC1CC(CCNC(=O)NC2CCC(C(=O)O)CC2)C1. The first-order valence-electron chi connectivity index (χ1n) is 9.18. The summed E-state index contributed by atoms with van der Waals surface area (Å²) in [7, 11) is 0. The summed E-state index contributed by atoms with van der Waals surface area (Å²) >= 11 is 0. The molecular weight excluding hydrogens is 308 g/mol. The second-order valence-electron chi connectivity index (χ2n) is 8.27. The number of aliphatic carboxylic acids is 1. The van der Waals surface area contributed by atoms with Gasteiger partial charge < -0.3 is 20.5 Å². The Morgan fingerprint density at radius 3 is 2.29 bits per heavy atom. The molecule has 2 amide bonds. The standard InChI is InChI=1S/C18H32N2O4/c1-18(2,3)24-15-10-12(11-15)8-9-19-17(23)20-14-6-4-13(5-7-14)16(21)22/h12-15H,4-11H2,1-3H3,(H,21,22)(H2,19,20,23). The molecule has 2 aliphatic rings. The molecule has 0 bridgehead atoms. The Balaban J connectivity index is 1.52. The first-order valence-corrected chi connectivity index (χ1v) is 9.18. The van der Waals surface area contributed by atoms with Crippen LogP contribution in [0.3, 0.4) is 0 Å². The van der Waals surface area contributed by atoms with Crippen molar-refractivity contribution in [3.63, 3.8) is 0 Å². The van der Waals surface area contributed by atoms with Gasteiger partial charge in [0.25, 0.3) is 0 Å². The smallest absolute Gasteiger partial charge is 0.315 e. The number of carbonyl (C=O) groups is 2. The first kappa shape index (κ1) is 19.0. The molecule has 0 heterocycles. The second kappa shape index (κ2) is 8.19. The van der Waals surface area contributed by atoms with Crippen LogP contribution < -0.4 is 10.6 Å². The Kier molecular flexibility index (Phi) is 6.49. The number of urea groups is 1. The number of rotatable bonds is 6. The summed E-state index contributed by atoms with van der Waals surface area (Å²) in [5.41, 5.74) is -0.0760. The van der Waals surface area contributed by atoms with Crippen LogP contribution in [-0.4, -0.2) is 41.4 Å². The van der Waals surface area contributed by atoms with Gasteiger partial charge in [-0.2, -0.15) is 0 Å². The number of carbonyl (C=O) groups excluding carboxylic acids is 1. The minimum absolute atomic E-state index is 0.0760.